The molecule has 1 aliphatic heterocycles. The molecule has 1 aliphatic rings. The molecule has 0 radical (unpaired) electrons. The van der Waals surface area contributed by atoms with Gasteiger partial charge in [-0.3, -0.25) is 9.69 Å². The number of aliphatic hydroxyl groups is 1. The molecule has 1 N–H and O–H groups in total. The van der Waals surface area contributed by atoms with Crippen LogP contribution in [0.1, 0.15) is 20.3 Å². The first-order valence-corrected chi connectivity index (χ1v) is 5.69. The molecule has 1 fully saturated rings. The van der Waals surface area contributed by atoms with Crippen molar-refractivity contribution in [1.29, 1.82) is 0 Å². The van der Waals surface area contributed by atoms with E-state index in [0.29, 0.717) is 12.5 Å². The molecule has 0 spiro atoms. The number of carbonyl (C=O) groups is 1. The molecule has 4 heteroatoms. The van der Waals surface area contributed by atoms with E-state index in [1.54, 1.807) is 4.90 Å². The lowest BCUT2D eigenvalue weighted by molar-refractivity contribution is -0.130. The third-order valence-corrected chi connectivity index (χ3v) is 3.25. The van der Waals surface area contributed by atoms with Gasteiger partial charge < -0.3 is 10.0 Å². The zero-order valence-electron chi connectivity index (χ0n) is 9.94. The third kappa shape index (κ3) is 3.47. The fourth-order valence-electron chi connectivity index (χ4n) is 1.89. The maximum Gasteiger partial charge on any atom is 0.236 e. The van der Waals surface area contributed by atoms with Crippen LogP contribution in [0, 0.1) is 5.92 Å². The van der Waals surface area contributed by atoms with Crippen molar-refractivity contribution in [2.45, 2.75) is 26.4 Å². The minimum Gasteiger partial charge on any atom is -0.393 e. The number of likely N-dealkylation sites (tertiary alicyclic amines) is 1. The number of hydrogen-bond acceptors (Lipinski definition) is 3. The fraction of sp³-hybridized carbons (Fsp3) is 0.909. The first kappa shape index (κ1) is 12.5. The quantitative estimate of drug-likeness (QED) is 0.725. The van der Waals surface area contributed by atoms with E-state index in [0.717, 1.165) is 26.1 Å². The predicted octanol–water partition coefficient (Wildman–Crippen LogP) is 0.167. The second kappa shape index (κ2) is 5.47. The van der Waals surface area contributed by atoms with Crippen molar-refractivity contribution in [1.82, 2.24) is 9.80 Å². The van der Waals surface area contributed by atoms with E-state index in [-0.39, 0.29) is 12.0 Å². The Balaban J connectivity index is 2.33. The molecule has 2 unspecified atom stereocenters. The normalized spacial score (nSPS) is 24.1. The Kier molecular flexibility index (Phi) is 4.54. The Morgan fingerprint density at radius 3 is 2.80 bits per heavy atom. The van der Waals surface area contributed by atoms with Gasteiger partial charge in [0.2, 0.25) is 5.91 Å². The molecule has 4 nitrogen and oxygen atoms in total. The summed E-state index contributed by atoms with van der Waals surface area (Å²) in [5, 5.41) is 9.44. The van der Waals surface area contributed by atoms with Gasteiger partial charge in [0, 0.05) is 20.1 Å². The summed E-state index contributed by atoms with van der Waals surface area (Å²) in [4.78, 5) is 15.5. The second-order valence-corrected chi connectivity index (χ2v) is 4.43. The predicted molar refractivity (Wildman–Crippen MR) is 59.5 cm³/mol. The number of nitrogens with zero attached hydrogens (tertiary/aromatic N) is 2. The molecule has 0 aromatic carbocycles. The van der Waals surface area contributed by atoms with Crippen LogP contribution < -0.4 is 0 Å². The zero-order valence-corrected chi connectivity index (χ0v) is 9.94. The molecular weight excluding hydrogens is 192 g/mol. The summed E-state index contributed by atoms with van der Waals surface area (Å²) in [6.07, 6.45) is 0.745. The largest absolute Gasteiger partial charge is 0.393 e. The standard InChI is InChI=1S/C11H22N2O2/c1-4-12(3)11(15)8-13-6-5-10(7-13)9(2)14/h9-10,14H,4-8H2,1-3H3. The van der Waals surface area contributed by atoms with Gasteiger partial charge in [0.1, 0.15) is 0 Å². The summed E-state index contributed by atoms with van der Waals surface area (Å²) in [5.41, 5.74) is 0. The van der Waals surface area contributed by atoms with Gasteiger partial charge in [0.25, 0.3) is 0 Å². The molecule has 15 heavy (non-hydrogen) atoms. The van der Waals surface area contributed by atoms with Crippen LogP contribution in [0.25, 0.3) is 0 Å². The minimum atomic E-state index is -0.256. The lowest BCUT2D eigenvalue weighted by Gasteiger charge is -2.20. The van der Waals surface area contributed by atoms with Gasteiger partial charge in [-0.25, -0.2) is 0 Å². The van der Waals surface area contributed by atoms with E-state index < -0.39 is 0 Å². The molecule has 0 aliphatic carbocycles. The van der Waals surface area contributed by atoms with Crippen LogP contribution in [0.15, 0.2) is 0 Å². The van der Waals surface area contributed by atoms with Crippen molar-refractivity contribution >= 4 is 5.91 Å². The number of rotatable bonds is 4. The molecule has 88 valence electrons. The molecule has 1 heterocycles. The molecule has 1 rings (SSSR count). The smallest absolute Gasteiger partial charge is 0.236 e. The summed E-state index contributed by atoms with van der Waals surface area (Å²) in [7, 11) is 1.82. The monoisotopic (exact) mass is 214 g/mol. The topological polar surface area (TPSA) is 43.8 Å². The van der Waals surface area contributed by atoms with Gasteiger partial charge >= 0.3 is 0 Å². The summed E-state index contributed by atoms with van der Waals surface area (Å²) in [5.74, 6) is 0.508. The van der Waals surface area contributed by atoms with Gasteiger partial charge in [-0.2, -0.15) is 0 Å². The van der Waals surface area contributed by atoms with Gasteiger partial charge in [-0.05, 0) is 32.7 Å². The Morgan fingerprint density at radius 2 is 2.33 bits per heavy atom. The zero-order chi connectivity index (χ0) is 11.4. The average molecular weight is 214 g/mol. The Morgan fingerprint density at radius 1 is 1.67 bits per heavy atom. The van der Waals surface area contributed by atoms with Crippen LogP contribution in [0.4, 0.5) is 0 Å². The third-order valence-electron chi connectivity index (χ3n) is 3.25. The van der Waals surface area contributed by atoms with Crippen LogP contribution in [0.2, 0.25) is 0 Å². The summed E-state index contributed by atoms with van der Waals surface area (Å²) in [6.45, 7) is 6.83. The van der Waals surface area contributed by atoms with Crippen molar-refractivity contribution in [2.75, 3.05) is 33.2 Å². The molecule has 2 atom stereocenters. The number of carbonyl (C=O) groups excluding carboxylic acids is 1. The van der Waals surface area contributed by atoms with Crippen molar-refractivity contribution in [3.8, 4) is 0 Å². The highest BCUT2D eigenvalue weighted by atomic mass is 16.3. The van der Waals surface area contributed by atoms with Gasteiger partial charge in [-0.1, -0.05) is 0 Å². The van der Waals surface area contributed by atoms with Crippen LogP contribution in [-0.2, 0) is 4.79 Å². The number of likely N-dealkylation sites (N-methyl/N-ethyl adjacent to an activating group) is 1. The number of aliphatic hydroxyl groups excluding tert-OH is 1. The number of hydrogen-bond donors (Lipinski definition) is 1. The molecular formula is C11H22N2O2. The lowest BCUT2D eigenvalue weighted by Crippen LogP contribution is -2.37. The van der Waals surface area contributed by atoms with E-state index in [4.69, 9.17) is 0 Å². The van der Waals surface area contributed by atoms with Crippen LogP contribution in [0.5, 0.6) is 0 Å². The Labute approximate surface area is 91.9 Å². The Bertz CT molecular complexity index is 219. The molecule has 0 bridgehead atoms. The molecule has 0 aromatic heterocycles. The fourth-order valence-corrected chi connectivity index (χ4v) is 1.89. The molecule has 0 aromatic rings. The van der Waals surface area contributed by atoms with Crippen LogP contribution in [0.3, 0.4) is 0 Å². The van der Waals surface area contributed by atoms with Gasteiger partial charge in [0.05, 0.1) is 12.6 Å². The summed E-state index contributed by atoms with van der Waals surface area (Å²) < 4.78 is 0. The van der Waals surface area contributed by atoms with E-state index in [2.05, 4.69) is 4.90 Å². The van der Waals surface area contributed by atoms with Gasteiger partial charge in [0.15, 0.2) is 0 Å². The van der Waals surface area contributed by atoms with Gasteiger partial charge in [-0.15, -0.1) is 0 Å². The molecule has 1 saturated heterocycles. The SMILES string of the molecule is CCN(C)C(=O)CN1CCC(C(C)O)C1. The van der Waals surface area contributed by atoms with Crippen LogP contribution in [-0.4, -0.2) is 60.1 Å². The highest BCUT2D eigenvalue weighted by molar-refractivity contribution is 5.77. The van der Waals surface area contributed by atoms with Crippen molar-refractivity contribution in [3.63, 3.8) is 0 Å². The van der Waals surface area contributed by atoms with E-state index in [1.165, 1.54) is 0 Å². The lowest BCUT2D eigenvalue weighted by atomic mass is 10.0. The highest BCUT2D eigenvalue weighted by Gasteiger charge is 2.27. The maximum atomic E-state index is 11.6. The average Bonchev–Trinajstić information content (AvgIpc) is 2.65. The summed E-state index contributed by atoms with van der Waals surface area (Å²) >= 11 is 0. The minimum absolute atomic E-state index is 0.170. The summed E-state index contributed by atoms with van der Waals surface area (Å²) in [6, 6.07) is 0. The maximum absolute atomic E-state index is 11.6. The van der Waals surface area contributed by atoms with E-state index in [1.807, 2.05) is 20.9 Å². The van der Waals surface area contributed by atoms with Crippen LogP contribution >= 0.6 is 0 Å². The second-order valence-electron chi connectivity index (χ2n) is 4.43. The number of amides is 1. The first-order valence-electron chi connectivity index (χ1n) is 5.69. The molecule has 0 saturated carbocycles. The van der Waals surface area contributed by atoms with Crippen molar-refractivity contribution < 1.29 is 9.90 Å². The first-order chi connectivity index (χ1) is 7.04. The highest BCUT2D eigenvalue weighted by Crippen LogP contribution is 2.19. The van der Waals surface area contributed by atoms with E-state index >= 15 is 0 Å². The van der Waals surface area contributed by atoms with Crippen molar-refractivity contribution in [3.05, 3.63) is 0 Å². The Hall–Kier alpha value is -0.610. The van der Waals surface area contributed by atoms with E-state index in [9.17, 15) is 9.90 Å². The molecule has 1 amide bonds. The van der Waals surface area contributed by atoms with Crippen molar-refractivity contribution in [2.24, 2.45) is 5.92 Å².